The van der Waals surface area contributed by atoms with Crippen LogP contribution in [0.1, 0.15) is 0 Å². The summed E-state index contributed by atoms with van der Waals surface area (Å²) in [5, 5.41) is 8.61. The molecular formula is C120H74N16. The third-order valence-corrected chi connectivity index (χ3v) is 25.8. The maximum Gasteiger partial charge on any atom is 0.238 e. The van der Waals surface area contributed by atoms with Crippen LogP contribution < -0.4 is 0 Å². The molecule has 0 aliphatic carbocycles. The number of para-hydroxylation sites is 5. The van der Waals surface area contributed by atoms with Crippen molar-refractivity contribution in [2.24, 2.45) is 0 Å². The molecule has 0 saturated heterocycles. The van der Waals surface area contributed by atoms with E-state index >= 15 is 0 Å². The van der Waals surface area contributed by atoms with Gasteiger partial charge in [-0.25, -0.2) is 39.9 Å². The summed E-state index contributed by atoms with van der Waals surface area (Å²) in [6, 6.07) is 156. The van der Waals surface area contributed by atoms with Crippen LogP contribution in [0.5, 0.6) is 0 Å². The fourth-order valence-electron chi connectivity index (χ4n) is 19.5. The van der Waals surface area contributed by atoms with Gasteiger partial charge in [-0.2, -0.15) is 19.9 Å². The Kier molecular flexibility index (Phi) is 18.8. The number of hydrogen-bond acceptors (Lipinski definition) is 12. The van der Waals surface area contributed by atoms with Crippen molar-refractivity contribution in [2.75, 3.05) is 0 Å². The molecule has 16 nitrogen and oxygen atoms in total. The van der Waals surface area contributed by atoms with Crippen molar-refractivity contribution in [1.82, 2.24) is 78.1 Å². The van der Waals surface area contributed by atoms with Gasteiger partial charge in [-0.15, -0.1) is 0 Å². The van der Waals surface area contributed by atoms with E-state index in [0.29, 0.717) is 70.1 Å². The summed E-state index contributed by atoms with van der Waals surface area (Å²) in [6.45, 7) is 0. The molecule has 18 aromatic carbocycles. The highest BCUT2D eigenvalue weighted by molar-refractivity contribution is 6.25. The van der Waals surface area contributed by atoms with Gasteiger partial charge in [0, 0.05) is 110 Å². The first kappa shape index (κ1) is 78.3. The molecule has 0 aliphatic heterocycles. The number of benzene rings is 18. The Hall–Kier alpha value is -18.8. The van der Waals surface area contributed by atoms with Crippen LogP contribution in [0.3, 0.4) is 0 Å². The van der Waals surface area contributed by atoms with Gasteiger partial charge in [0.1, 0.15) is 0 Å². The van der Waals surface area contributed by atoms with Crippen molar-refractivity contribution in [1.29, 1.82) is 0 Å². The summed E-state index contributed by atoms with van der Waals surface area (Å²) in [5.74, 6) is 6.17. The lowest BCUT2D eigenvalue weighted by molar-refractivity contribution is 0.953. The molecule has 0 N–H and O–H groups in total. The van der Waals surface area contributed by atoms with Gasteiger partial charge in [0.25, 0.3) is 0 Å². The van der Waals surface area contributed by atoms with Gasteiger partial charge in [-0.1, -0.05) is 394 Å². The van der Waals surface area contributed by atoms with Gasteiger partial charge in [0.15, 0.2) is 58.2 Å². The molecule has 0 aliphatic rings. The monoisotopic (exact) mass is 1740 g/mol. The molecule has 0 amide bonds. The summed E-state index contributed by atoms with van der Waals surface area (Å²) in [4.78, 5) is 64.6. The minimum absolute atomic E-state index is 0.459. The molecule has 26 rings (SSSR count). The highest BCUT2D eigenvalue weighted by Crippen LogP contribution is 2.47. The maximum atomic E-state index is 5.67. The van der Waals surface area contributed by atoms with Crippen LogP contribution in [0.2, 0.25) is 0 Å². The number of aromatic nitrogens is 16. The zero-order chi connectivity index (χ0) is 89.7. The third-order valence-electron chi connectivity index (χ3n) is 25.8. The Morgan fingerprint density at radius 3 is 0.787 bits per heavy atom. The topological polar surface area (TPSA) is 174 Å². The van der Waals surface area contributed by atoms with Crippen molar-refractivity contribution in [3.63, 3.8) is 0 Å². The van der Waals surface area contributed by atoms with E-state index in [9.17, 15) is 0 Å². The van der Waals surface area contributed by atoms with Crippen molar-refractivity contribution in [3.05, 3.63) is 449 Å². The van der Waals surface area contributed by atoms with Crippen molar-refractivity contribution in [3.8, 4) is 171 Å². The first-order valence-corrected chi connectivity index (χ1v) is 45.3. The lowest BCUT2D eigenvalue weighted by Gasteiger charge is -2.16. The van der Waals surface area contributed by atoms with Gasteiger partial charge in [0.2, 0.25) is 11.9 Å². The van der Waals surface area contributed by atoms with E-state index < -0.39 is 0 Å². The molecule has 0 saturated carbocycles. The van der Waals surface area contributed by atoms with Gasteiger partial charge in [-0.3, -0.25) is 9.13 Å². The molecule has 136 heavy (non-hydrogen) atoms. The van der Waals surface area contributed by atoms with Crippen LogP contribution in [0.15, 0.2) is 449 Å². The zero-order valence-electron chi connectivity index (χ0n) is 72.9. The average Bonchev–Trinajstić information content (AvgIpc) is 1.55. The Morgan fingerprint density at radius 2 is 0.382 bits per heavy atom. The Bertz CT molecular complexity index is 9150. The number of hydrogen-bond donors (Lipinski definition) is 0. The largest absolute Gasteiger partial charge is 0.307 e. The second-order valence-corrected chi connectivity index (χ2v) is 33.9. The summed E-state index contributed by atoms with van der Waals surface area (Å²) >= 11 is 0. The smallest absolute Gasteiger partial charge is 0.238 e. The van der Waals surface area contributed by atoms with Gasteiger partial charge < -0.3 is 9.13 Å². The molecule has 26 aromatic rings. The van der Waals surface area contributed by atoms with E-state index in [1.165, 1.54) is 0 Å². The van der Waals surface area contributed by atoms with Gasteiger partial charge >= 0.3 is 0 Å². The van der Waals surface area contributed by atoms with Gasteiger partial charge in [0.05, 0.1) is 49.8 Å². The van der Waals surface area contributed by atoms with E-state index in [-0.39, 0.29) is 0 Å². The SMILES string of the molecule is c1ccc(-c2nc(-c3ccc(-c4ccc(-c5nc(-c6ccccc6)nc(-n6c7ccccc7c7ccc8c9ccccc9n(-c9cccc(-c%10nc(-c%11ccccc%11)nc(-c%11ccccc%11)n%10)c9)c8c76)n5)cc4-c4ccccc4)cc3)nc(-c3cccc(-c4nc(-c5ccccc5)nc(-n5c6ccccc6c6ccc7c8ccccc8n(-c8ccccc8-c8ccccc8)c7c65)n4)c3)n2)cc1. The normalized spacial score (nSPS) is 11.7. The highest BCUT2D eigenvalue weighted by Gasteiger charge is 2.29. The Labute approximate surface area is 779 Å². The molecule has 0 radical (unpaired) electrons. The molecule has 0 fully saturated rings. The average molecular weight is 1740 g/mol. The van der Waals surface area contributed by atoms with Crippen molar-refractivity contribution >= 4 is 87.2 Å². The number of nitrogens with zero attached hydrogens (tertiary/aromatic N) is 16. The lowest BCUT2D eigenvalue weighted by atomic mass is 9.92. The van der Waals surface area contributed by atoms with E-state index in [4.69, 9.17) is 59.8 Å². The molecule has 16 heteroatoms. The third kappa shape index (κ3) is 13.5. The molecule has 0 bridgehead atoms. The number of rotatable bonds is 17. The van der Waals surface area contributed by atoms with Crippen LogP contribution in [0.25, 0.3) is 258 Å². The zero-order valence-corrected chi connectivity index (χ0v) is 72.9. The Balaban J connectivity index is 0.591. The quantitative estimate of drug-likeness (QED) is 0.0845. The maximum absolute atomic E-state index is 5.67. The molecule has 8 heterocycles. The van der Waals surface area contributed by atoms with Crippen LogP contribution in [0.4, 0.5) is 0 Å². The van der Waals surface area contributed by atoms with Crippen LogP contribution in [-0.4, -0.2) is 78.1 Å². The minimum atomic E-state index is 0.459. The van der Waals surface area contributed by atoms with Crippen molar-refractivity contribution in [2.45, 2.75) is 0 Å². The number of fused-ring (bicyclic) bond motifs is 14. The van der Waals surface area contributed by atoms with Gasteiger partial charge in [-0.05, 0) is 82.4 Å². The summed E-state index contributed by atoms with van der Waals surface area (Å²) in [5.41, 5.74) is 24.3. The van der Waals surface area contributed by atoms with Crippen LogP contribution in [-0.2, 0) is 0 Å². The standard InChI is InChI=1S/C120H74N16/c1-8-34-75(35-9-1)90-52-22-27-57-100(90)134-102-59-29-24-54-92(102)96-69-71-98-94-56-26-31-61-104(94)136(108(98)106(96)134)119-129-113(81-44-18-6-19-45-81)127-117(131-119)85-49-32-48-84(72-85)115-123-111(80-42-16-5-17-43-80)122-112(126-115)83-64-62-77(63-65-83)89-67-66-87(74-99(89)76-36-10-2-11-37-76)118-128-114(82-46-20-7-21-47-82)130-120(132-118)135-103-60-30-25-55-93(103)97-70-68-95-91-53-23-28-58-101(91)133(105(95)107(97)135)88-51-33-50-86(73-88)116-124-109(78-38-12-3-13-39-78)121-110(125-116)79-40-14-4-15-41-79/h1-74H. The minimum Gasteiger partial charge on any atom is -0.307 e. The lowest BCUT2D eigenvalue weighted by Crippen LogP contribution is -2.07. The summed E-state index contributed by atoms with van der Waals surface area (Å²) in [7, 11) is 0. The second-order valence-electron chi connectivity index (χ2n) is 33.9. The molecule has 0 spiro atoms. The van der Waals surface area contributed by atoms with E-state index in [1.54, 1.807) is 0 Å². The first-order chi connectivity index (χ1) is 67.4. The van der Waals surface area contributed by atoms with Crippen LogP contribution in [0, 0.1) is 0 Å². The first-order valence-electron chi connectivity index (χ1n) is 45.3. The van der Waals surface area contributed by atoms with Crippen molar-refractivity contribution < 1.29 is 0 Å². The van der Waals surface area contributed by atoms with E-state index in [1.807, 2.05) is 146 Å². The molecule has 634 valence electrons. The van der Waals surface area contributed by atoms with E-state index in [0.717, 1.165) is 188 Å². The van der Waals surface area contributed by atoms with Crippen LogP contribution >= 0.6 is 0 Å². The molecule has 0 unspecified atom stereocenters. The molecule has 0 atom stereocenters. The predicted molar refractivity (Wildman–Crippen MR) is 548 cm³/mol. The predicted octanol–water partition coefficient (Wildman–Crippen LogP) is 28.5. The molecule has 8 aromatic heterocycles. The fraction of sp³-hybridized carbons (Fsp3) is 0. The second kappa shape index (κ2) is 32.7. The molecular weight excluding hydrogens is 1670 g/mol. The Morgan fingerprint density at radius 1 is 0.132 bits per heavy atom. The summed E-state index contributed by atoms with van der Waals surface area (Å²) < 4.78 is 9.29. The fourth-order valence-corrected chi connectivity index (χ4v) is 19.5. The summed E-state index contributed by atoms with van der Waals surface area (Å²) in [6.07, 6.45) is 0. The van der Waals surface area contributed by atoms with E-state index in [2.05, 4.69) is 322 Å². The highest BCUT2D eigenvalue weighted by atomic mass is 15.2.